The molecule has 0 aliphatic rings. The molecule has 0 unspecified atom stereocenters. The van der Waals surface area contributed by atoms with Crippen molar-refractivity contribution in [2.75, 3.05) is 0 Å². The summed E-state index contributed by atoms with van der Waals surface area (Å²) < 4.78 is 12.9. The summed E-state index contributed by atoms with van der Waals surface area (Å²) in [4.78, 5) is 13.7. The molecule has 4 heteroatoms. The van der Waals surface area contributed by atoms with Crippen molar-refractivity contribution in [2.24, 2.45) is 5.92 Å². The van der Waals surface area contributed by atoms with Crippen LogP contribution < -0.4 is 0 Å². The molecule has 0 aliphatic heterocycles. The number of halogens is 1. The number of benzene rings is 1. The molecule has 2 aromatic rings. The first kappa shape index (κ1) is 10.7. The summed E-state index contributed by atoms with van der Waals surface area (Å²) in [6, 6.07) is 4.46. The number of aromatic nitrogens is 1. The van der Waals surface area contributed by atoms with Crippen LogP contribution in [-0.2, 0) is 11.2 Å². The molecule has 0 spiro atoms. The Morgan fingerprint density at radius 2 is 2.31 bits per heavy atom. The van der Waals surface area contributed by atoms with Crippen LogP contribution in [0.3, 0.4) is 0 Å². The molecule has 2 N–H and O–H groups in total. The average molecular weight is 221 g/mol. The zero-order valence-electron chi connectivity index (χ0n) is 8.83. The Kier molecular flexibility index (Phi) is 2.64. The molecule has 0 amide bonds. The number of fused-ring (bicyclic) bond motifs is 1. The van der Waals surface area contributed by atoms with Gasteiger partial charge in [-0.25, -0.2) is 4.39 Å². The van der Waals surface area contributed by atoms with Crippen LogP contribution in [0, 0.1) is 11.7 Å². The van der Waals surface area contributed by atoms with E-state index in [0.717, 1.165) is 10.9 Å². The Balaban J connectivity index is 2.35. The summed E-state index contributed by atoms with van der Waals surface area (Å²) in [5, 5.41) is 9.71. The van der Waals surface area contributed by atoms with Crippen LogP contribution in [0.1, 0.15) is 12.5 Å². The molecule has 0 saturated carbocycles. The van der Waals surface area contributed by atoms with Gasteiger partial charge >= 0.3 is 5.97 Å². The predicted molar refractivity (Wildman–Crippen MR) is 58.8 cm³/mol. The van der Waals surface area contributed by atoms with Gasteiger partial charge in [0.2, 0.25) is 0 Å². The van der Waals surface area contributed by atoms with E-state index in [1.807, 2.05) is 0 Å². The lowest BCUT2D eigenvalue weighted by Crippen LogP contribution is -2.11. The van der Waals surface area contributed by atoms with Crippen molar-refractivity contribution >= 4 is 16.9 Å². The summed E-state index contributed by atoms with van der Waals surface area (Å²) in [5.41, 5.74) is 1.61. The largest absolute Gasteiger partial charge is 0.481 e. The second kappa shape index (κ2) is 3.96. The molecule has 0 bridgehead atoms. The molecule has 1 aromatic heterocycles. The topological polar surface area (TPSA) is 53.1 Å². The van der Waals surface area contributed by atoms with Gasteiger partial charge in [-0.2, -0.15) is 0 Å². The molecule has 2 rings (SSSR count). The van der Waals surface area contributed by atoms with Gasteiger partial charge in [-0.15, -0.1) is 0 Å². The van der Waals surface area contributed by atoms with Gasteiger partial charge in [0.1, 0.15) is 5.82 Å². The molecule has 1 atom stereocenters. The van der Waals surface area contributed by atoms with E-state index in [9.17, 15) is 9.18 Å². The van der Waals surface area contributed by atoms with Gasteiger partial charge in [0, 0.05) is 17.1 Å². The van der Waals surface area contributed by atoms with E-state index in [1.165, 1.54) is 12.1 Å². The van der Waals surface area contributed by atoms with E-state index in [4.69, 9.17) is 5.11 Å². The molecule has 16 heavy (non-hydrogen) atoms. The number of H-pyrrole nitrogens is 1. The summed E-state index contributed by atoms with van der Waals surface area (Å²) in [5.74, 6) is -1.56. The lowest BCUT2D eigenvalue weighted by Gasteiger charge is -2.04. The third-order valence-electron chi connectivity index (χ3n) is 2.68. The average Bonchev–Trinajstić information content (AvgIpc) is 2.60. The molecule has 0 radical (unpaired) electrons. The van der Waals surface area contributed by atoms with Crippen LogP contribution in [0.15, 0.2) is 24.4 Å². The lowest BCUT2D eigenvalue weighted by molar-refractivity contribution is -0.141. The van der Waals surface area contributed by atoms with Gasteiger partial charge in [0.05, 0.1) is 5.92 Å². The number of aromatic amines is 1. The molecule has 1 heterocycles. The third kappa shape index (κ3) is 1.91. The van der Waals surface area contributed by atoms with Gasteiger partial charge < -0.3 is 10.1 Å². The van der Waals surface area contributed by atoms with Crippen molar-refractivity contribution < 1.29 is 14.3 Å². The number of carbonyl (C=O) groups is 1. The van der Waals surface area contributed by atoms with Gasteiger partial charge in [0.25, 0.3) is 0 Å². The normalized spacial score (nSPS) is 12.9. The number of rotatable bonds is 3. The minimum absolute atomic E-state index is 0.299. The smallest absolute Gasteiger partial charge is 0.306 e. The van der Waals surface area contributed by atoms with Gasteiger partial charge in [-0.1, -0.05) is 6.92 Å². The molecule has 84 valence electrons. The fourth-order valence-corrected chi connectivity index (χ4v) is 1.74. The number of nitrogens with one attached hydrogen (secondary N) is 1. The Morgan fingerprint density at radius 1 is 1.56 bits per heavy atom. The monoisotopic (exact) mass is 221 g/mol. The first-order valence-corrected chi connectivity index (χ1v) is 5.06. The maximum atomic E-state index is 12.9. The number of hydrogen-bond acceptors (Lipinski definition) is 1. The van der Waals surface area contributed by atoms with Gasteiger partial charge in [-0.05, 0) is 30.2 Å². The zero-order valence-corrected chi connectivity index (χ0v) is 8.83. The SMILES string of the molecule is C[C@@H](Cc1c[nH]c2cc(F)ccc12)C(=O)O. The van der Waals surface area contributed by atoms with E-state index >= 15 is 0 Å². The molecule has 3 nitrogen and oxygen atoms in total. The van der Waals surface area contributed by atoms with Crippen LogP contribution >= 0.6 is 0 Å². The van der Waals surface area contributed by atoms with E-state index in [-0.39, 0.29) is 5.82 Å². The molecule has 0 saturated heterocycles. The maximum absolute atomic E-state index is 12.9. The predicted octanol–water partition coefficient (Wildman–Crippen LogP) is 2.57. The van der Waals surface area contributed by atoms with Crippen molar-refractivity contribution in [3.05, 3.63) is 35.8 Å². The van der Waals surface area contributed by atoms with Crippen molar-refractivity contribution in [2.45, 2.75) is 13.3 Å². The minimum atomic E-state index is -0.823. The van der Waals surface area contributed by atoms with Crippen LogP contribution in [0.4, 0.5) is 4.39 Å². The highest BCUT2D eigenvalue weighted by Gasteiger charge is 2.14. The van der Waals surface area contributed by atoms with Gasteiger partial charge in [0.15, 0.2) is 0 Å². The second-order valence-corrected chi connectivity index (χ2v) is 3.95. The molecule has 1 aromatic carbocycles. The Hall–Kier alpha value is -1.84. The van der Waals surface area contributed by atoms with Gasteiger partial charge in [-0.3, -0.25) is 4.79 Å². The Bertz CT molecular complexity index is 533. The number of carboxylic acid groups (broad SMARTS) is 1. The van der Waals surface area contributed by atoms with Crippen molar-refractivity contribution in [1.29, 1.82) is 0 Å². The minimum Gasteiger partial charge on any atom is -0.481 e. The standard InChI is InChI=1S/C12H12FNO2/c1-7(12(15)16)4-8-6-14-11-5-9(13)2-3-10(8)11/h2-3,5-7,14H,4H2,1H3,(H,15,16)/t7-/m0/s1. The summed E-state index contributed by atoms with van der Waals surface area (Å²) >= 11 is 0. The van der Waals surface area contributed by atoms with Crippen LogP contribution in [0.2, 0.25) is 0 Å². The van der Waals surface area contributed by atoms with Crippen LogP contribution in [0.25, 0.3) is 10.9 Å². The first-order chi connectivity index (χ1) is 7.58. The fraction of sp³-hybridized carbons (Fsp3) is 0.250. The quantitative estimate of drug-likeness (QED) is 0.836. The van der Waals surface area contributed by atoms with Crippen molar-refractivity contribution in [1.82, 2.24) is 4.98 Å². The van der Waals surface area contributed by atoms with E-state index in [1.54, 1.807) is 19.2 Å². The van der Waals surface area contributed by atoms with Crippen LogP contribution in [-0.4, -0.2) is 16.1 Å². The van der Waals surface area contributed by atoms with Crippen molar-refractivity contribution in [3.63, 3.8) is 0 Å². The van der Waals surface area contributed by atoms with E-state index in [0.29, 0.717) is 11.9 Å². The molecular formula is C12H12FNO2. The lowest BCUT2D eigenvalue weighted by atomic mass is 10.0. The number of hydrogen-bond donors (Lipinski definition) is 2. The second-order valence-electron chi connectivity index (χ2n) is 3.95. The zero-order chi connectivity index (χ0) is 11.7. The summed E-state index contributed by atoms with van der Waals surface area (Å²) in [7, 11) is 0. The Morgan fingerprint density at radius 3 is 3.00 bits per heavy atom. The maximum Gasteiger partial charge on any atom is 0.306 e. The summed E-state index contributed by atoms with van der Waals surface area (Å²) in [6.45, 7) is 1.66. The fourth-order valence-electron chi connectivity index (χ4n) is 1.74. The first-order valence-electron chi connectivity index (χ1n) is 5.06. The molecular weight excluding hydrogens is 209 g/mol. The third-order valence-corrected chi connectivity index (χ3v) is 2.68. The van der Waals surface area contributed by atoms with E-state index < -0.39 is 11.9 Å². The van der Waals surface area contributed by atoms with Crippen molar-refractivity contribution in [3.8, 4) is 0 Å². The molecule has 0 fully saturated rings. The highest BCUT2D eigenvalue weighted by molar-refractivity contribution is 5.83. The van der Waals surface area contributed by atoms with Crippen LogP contribution in [0.5, 0.6) is 0 Å². The summed E-state index contributed by atoms with van der Waals surface area (Å²) in [6.07, 6.45) is 2.19. The number of carboxylic acids is 1. The number of aliphatic carboxylic acids is 1. The molecule has 0 aliphatic carbocycles. The van der Waals surface area contributed by atoms with E-state index in [2.05, 4.69) is 4.98 Å². The Labute approximate surface area is 91.9 Å². The highest BCUT2D eigenvalue weighted by Crippen LogP contribution is 2.21. The highest BCUT2D eigenvalue weighted by atomic mass is 19.1.